The first kappa shape index (κ1) is 28.0. The number of likely N-dealkylation sites (tertiary alicyclic amines) is 1. The molecule has 2 unspecified atom stereocenters. The highest BCUT2D eigenvalue weighted by atomic mass is 32.2. The Bertz CT molecular complexity index is 1100. The Kier molecular flexibility index (Phi) is 7.80. The summed E-state index contributed by atoms with van der Waals surface area (Å²) in [5.74, 6) is -14.8. The summed E-state index contributed by atoms with van der Waals surface area (Å²) in [6.07, 6.45) is -5.64. The average molecular weight is 546 g/mol. The van der Waals surface area contributed by atoms with E-state index in [0.29, 0.717) is 25.9 Å². The highest BCUT2D eigenvalue weighted by molar-refractivity contribution is 7.84. The molecule has 0 bridgehead atoms. The van der Waals surface area contributed by atoms with Gasteiger partial charge in [-0.3, -0.25) is 4.79 Å². The standard InChI is InChI=1S/C22H19F9N2O2S/c23-19(24,21(27,28)29)20(25,26)22(30,31)36(35)32-17(14-8-2-1-3-9-14)15-10-4-5-11-16(15)18(34)33-12-6-7-13-33/h1-5,8-11,17,32H,6-7,12-13H2. The number of alkyl halides is 9. The second-order valence-electron chi connectivity index (χ2n) is 7.98. The molecule has 3 rings (SSSR count). The molecule has 0 radical (unpaired) electrons. The lowest BCUT2D eigenvalue weighted by atomic mass is 9.94. The van der Waals surface area contributed by atoms with Crippen molar-refractivity contribution in [2.24, 2.45) is 0 Å². The van der Waals surface area contributed by atoms with Crippen LogP contribution >= 0.6 is 0 Å². The van der Waals surface area contributed by atoms with Crippen molar-refractivity contribution < 1.29 is 48.5 Å². The van der Waals surface area contributed by atoms with Crippen molar-refractivity contribution in [2.75, 3.05) is 13.1 Å². The van der Waals surface area contributed by atoms with E-state index in [2.05, 4.69) is 0 Å². The Morgan fingerprint density at radius 2 is 1.33 bits per heavy atom. The van der Waals surface area contributed by atoms with Crippen LogP contribution in [0.1, 0.15) is 40.4 Å². The number of hydrogen-bond acceptors (Lipinski definition) is 2. The van der Waals surface area contributed by atoms with Gasteiger partial charge in [0.05, 0.1) is 6.04 Å². The van der Waals surface area contributed by atoms with Crippen molar-refractivity contribution >= 4 is 16.9 Å². The van der Waals surface area contributed by atoms with Crippen LogP contribution in [-0.2, 0) is 11.0 Å². The van der Waals surface area contributed by atoms with Gasteiger partial charge < -0.3 is 4.90 Å². The molecule has 1 N–H and O–H groups in total. The molecule has 1 amide bonds. The summed E-state index contributed by atoms with van der Waals surface area (Å²) >= 11 is 0. The lowest BCUT2D eigenvalue weighted by Crippen LogP contribution is -2.63. The number of rotatable bonds is 8. The first-order chi connectivity index (χ1) is 16.6. The van der Waals surface area contributed by atoms with Crippen molar-refractivity contribution in [1.82, 2.24) is 9.62 Å². The number of benzene rings is 2. The van der Waals surface area contributed by atoms with E-state index in [0.717, 1.165) is 0 Å². The molecule has 36 heavy (non-hydrogen) atoms. The minimum absolute atomic E-state index is 0.00854. The zero-order valence-electron chi connectivity index (χ0n) is 18.2. The van der Waals surface area contributed by atoms with E-state index < -0.39 is 46.2 Å². The summed E-state index contributed by atoms with van der Waals surface area (Å²) in [5.41, 5.74) is -0.182. The van der Waals surface area contributed by atoms with Crippen molar-refractivity contribution in [3.63, 3.8) is 0 Å². The molecule has 2 aromatic rings. The van der Waals surface area contributed by atoms with E-state index in [4.69, 9.17) is 0 Å². The van der Waals surface area contributed by atoms with Crippen molar-refractivity contribution in [1.29, 1.82) is 0 Å². The maximum atomic E-state index is 14.3. The lowest BCUT2D eigenvalue weighted by Gasteiger charge is -2.34. The molecule has 0 aromatic heterocycles. The third kappa shape index (κ3) is 4.97. The molecule has 1 heterocycles. The van der Waals surface area contributed by atoms with E-state index in [1.165, 1.54) is 59.5 Å². The summed E-state index contributed by atoms with van der Waals surface area (Å²) < 4.78 is 134. The molecular weight excluding hydrogens is 527 g/mol. The maximum Gasteiger partial charge on any atom is 0.460 e. The fourth-order valence-corrected chi connectivity index (χ4v) is 4.64. The number of hydrogen-bond donors (Lipinski definition) is 1. The third-order valence-electron chi connectivity index (χ3n) is 5.60. The summed E-state index contributed by atoms with van der Waals surface area (Å²) in [6, 6.07) is 10.5. The third-order valence-corrected chi connectivity index (χ3v) is 6.77. The molecule has 4 nitrogen and oxygen atoms in total. The maximum absolute atomic E-state index is 14.3. The van der Waals surface area contributed by atoms with Gasteiger partial charge in [0.25, 0.3) is 5.91 Å². The topological polar surface area (TPSA) is 49.4 Å². The molecule has 198 valence electrons. The first-order valence-corrected chi connectivity index (χ1v) is 11.6. The Hall–Kier alpha value is -2.61. The van der Waals surface area contributed by atoms with E-state index in [1.807, 2.05) is 0 Å². The van der Waals surface area contributed by atoms with Gasteiger partial charge in [0.15, 0.2) is 11.0 Å². The highest BCUT2D eigenvalue weighted by Crippen LogP contribution is 2.54. The smallest absolute Gasteiger partial charge is 0.339 e. The second-order valence-corrected chi connectivity index (χ2v) is 9.27. The Labute approximate surface area is 202 Å². The van der Waals surface area contributed by atoms with Crippen molar-refractivity contribution in [2.45, 2.75) is 42.2 Å². The van der Waals surface area contributed by atoms with Crippen LogP contribution in [0.15, 0.2) is 54.6 Å². The predicted molar refractivity (Wildman–Crippen MR) is 112 cm³/mol. The highest BCUT2D eigenvalue weighted by Gasteiger charge is 2.83. The van der Waals surface area contributed by atoms with Crippen LogP contribution in [0.25, 0.3) is 0 Å². The zero-order valence-corrected chi connectivity index (χ0v) is 19.0. The van der Waals surface area contributed by atoms with E-state index in [-0.39, 0.29) is 16.7 Å². The fourth-order valence-electron chi connectivity index (χ4n) is 3.65. The summed E-state index contributed by atoms with van der Waals surface area (Å²) in [4.78, 5) is 14.5. The molecule has 2 atom stereocenters. The number of carbonyl (C=O) groups is 1. The van der Waals surface area contributed by atoms with Gasteiger partial charge in [-0.2, -0.15) is 39.5 Å². The van der Waals surface area contributed by atoms with Crippen LogP contribution in [0.4, 0.5) is 39.5 Å². The second kappa shape index (κ2) is 10.0. The minimum atomic E-state index is -7.19. The molecule has 2 aromatic carbocycles. The van der Waals surface area contributed by atoms with Gasteiger partial charge in [0, 0.05) is 18.7 Å². The molecule has 1 saturated heterocycles. The molecule has 1 fully saturated rings. The first-order valence-electron chi connectivity index (χ1n) is 10.4. The number of halogens is 9. The van der Waals surface area contributed by atoms with Gasteiger partial charge in [0.2, 0.25) is 0 Å². The number of amides is 1. The van der Waals surface area contributed by atoms with E-state index >= 15 is 0 Å². The van der Waals surface area contributed by atoms with Gasteiger partial charge in [-0.1, -0.05) is 48.5 Å². The average Bonchev–Trinajstić information content (AvgIpc) is 3.36. The molecular formula is C22H19F9N2O2S. The van der Waals surface area contributed by atoms with Gasteiger partial charge >= 0.3 is 23.3 Å². The molecule has 0 spiro atoms. The molecule has 1 aliphatic heterocycles. The number of nitrogens with one attached hydrogen (secondary N) is 1. The Morgan fingerprint density at radius 1 is 0.806 bits per heavy atom. The van der Waals surface area contributed by atoms with Crippen LogP contribution in [0.5, 0.6) is 0 Å². The van der Waals surface area contributed by atoms with Crippen LogP contribution < -0.4 is 4.72 Å². The van der Waals surface area contributed by atoms with Crippen LogP contribution in [0.2, 0.25) is 0 Å². The van der Waals surface area contributed by atoms with E-state index in [9.17, 15) is 48.5 Å². The Morgan fingerprint density at radius 3 is 1.89 bits per heavy atom. The lowest BCUT2D eigenvalue weighted by molar-refractivity contribution is -0.381. The molecule has 1 aliphatic rings. The van der Waals surface area contributed by atoms with Gasteiger partial charge in [0.1, 0.15) is 0 Å². The zero-order chi connectivity index (χ0) is 26.9. The van der Waals surface area contributed by atoms with Crippen LogP contribution in [-0.4, -0.2) is 51.4 Å². The van der Waals surface area contributed by atoms with E-state index in [1.54, 1.807) is 4.72 Å². The SMILES string of the molecule is O=C(c1ccccc1C(NS(=O)C(F)(F)C(F)(F)C(F)(F)C(F)(F)F)c1ccccc1)N1CCCC1. The van der Waals surface area contributed by atoms with Crippen molar-refractivity contribution in [3.05, 3.63) is 71.3 Å². The largest absolute Gasteiger partial charge is 0.460 e. The quantitative estimate of drug-likeness (QED) is 0.433. The molecule has 14 heteroatoms. The number of carbonyl (C=O) groups excluding carboxylic acids is 1. The molecule has 0 saturated carbocycles. The van der Waals surface area contributed by atoms with Gasteiger partial charge in [-0.25, -0.2) is 8.93 Å². The summed E-state index contributed by atoms with van der Waals surface area (Å²) in [6.45, 7) is 0.776. The Balaban J connectivity index is 2.05. The summed E-state index contributed by atoms with van der Waals surface area (Å²) in [7, 11) is -4.47. The fraction of sp³-hybridized carbons (Fsp3) is 0.409. The van der Waals surface area contributed by atoms with Gasteiger partial charge in [-0.05, 0) is 30.0 Å². The number of nitrogens with zero attached hydrogens (tertiary/aromatic N) is 1. The minimum Gasteiger partial charge on any atom is -0.339 e. The van der Waals surface area contributed by atoms with Crippen molar-refractivity contribution in [3.8, 4) is 0 Å². The van der Waals surface area contributed by atoms with Gasteiger partial charge in [-0.15, -0.1) is 0 Å². The van der Waals surface area contributed by atoms with Crippen LogP contribution in [0, 0.1) is 0 Å². The predicted octanol–water partition coefficient (Wildman–Crippen LogP) is 5.69. The monoisotopic (exact) mass is 546 g/mol. The summed E-state index contributed by atoms with van der Waals surface area (Å²) in [5, 5.41) is -6.37. The molecule has 0 aliphatic carbocycles. The van der Waals surface area contributed by atoms with Crippen LogP contribution in [0.3, 0.4) is 0 Å². The normalized spacial score (nSPS) is 17.2.